The van der Waals surface area contributed by atoms with Gasteiger partial charge < -0.3 is 5.32 Å². The Kier molecular flexibility index (Phi) is 3.59. The van der Waals surface area contributed by atoms with Gasteiger partial charge in [0.15, 0.2) is 0 Å². The van der Waals surface area contributed by atoms with E-state index < -0.39 is 0 Å². The minimum atomic E-state index is -0.336. The van der Waals surface area contributed by atoms with Crippen LogP contribution < -0.4 is 5.32 Å². The van der Waals surface area contributed by atoms with Crippen molar-refractivity contribution in [2.75, 3.05) is 0 Å². The zero-order valence-electron chi connectivity index (χ0n) is 11.2. The SMILES string of the molecule is CC(C)(C)C(NC(=O)c1nn[nH]n1)c1ccccc1. The van der Waals surface area contributed by atoms with Crippen molar-refractivity contribution in [3.63, 3.8) is 0 Å². The summed E-state index contributed by atoms with van der Waals surface area (Å²) in [4.78, 5) is 12.0. The molecule has 6 heteroatoms. The number of tetrazole rings is 1. The first kappa shape index (κ1) is 13.2. The van der Waals surface area contributed by atoms with E-state index in [0.717, 1.165) is 5.56 Å². The number of nitrogens with zero attached hydrogens (tertiary/aromatic N) is 3. The molecule has 0 spiro atoms. The molecular weight excluding hydrogens is 242 g/mol. The molecule has 1 aromatic heterocycles. The van der Waals surface area contributed by atoms with Crippen molar-refractivity contribution in [3.8, 4) is 0 Å². The second kappa shape index (κ2) is 5.17. The van der Waals surface area contributed by atoms with Gasteiger partial charge in [-0.3, -0.25) is 4.79 Å². The van der Waals surface area contributed by atoms with Crippen molar-refractivity contribution < 1.29 is 4.79 Å². The molecule has 2 N–H and O–H groups in total. The zero-order chi connectivity index (χ0) is 13.9. The van der Waals surface area contributed by atoms with Gasteiger partial charge in [0, 0.05) is 0 Å². The fraction of sp³-hybridized carbons (Fsp3) is 0.385. The molecule has 0 saturated heterocycles. The molecule has 1 heterocycles. The van der Waals surface area contributed by atoms with Gasteiger partial charge >= 0.3 is 0 Å². The molecular formula is C13H17N5O. The molecule has 1 unspecified atom stereocenters. The van der Waals surface area contributed by atoms with Gasteiger partial charge in [-0.2, -0.15) is 5.21 Å². The summed E-state index contributed by atoms with van der Waals surface area (Å²) in [6.45, 7) is 6.21. The minimum absolute atomic E-state index is 0.0465. The largest absolute Gasteiger partial charge is 0.342 e. The van der Waals surface area contributed by atoms with Crippen molar-refractivity contribution in [2.24, 2.45) is 5.41 Å². The molecule has 0 aliphatic heterocycles. The van der Waals surface area contributed by atoms with Crippen LogP contribution >= 0.6 is 0 Å². The van der Waals surface area contributed by atoms with Gasteiger partial charge in [-0.25, -0.2) is 0 Å². The van der Waals surface area contributed by atoms with Crippen LogP contribution in [0.3, 0.4) is 0 Å². The summed E-state index contributed by atoms with van der Waals surface area (Å²) in [6.07, 6.45) is 0. The molecule has 0 fully saturated rings. The van der Waals surface area contributed by atoms with E-state index in [-0.39, 0.29) is 23.2 Å². The third-order valence-corrected chi connectivity index (χ3v) is 2.82. The van der Waals surface area contributed by atoms with Gasteiger partial charge in [0.25, 0.3) is 11.7 Å². The predicted molar refractivity (Wildman–Crippen MR) is 70.3 cm³/mol. The average molecular weight is 259 g/mol. The Labute approximate surface area is 111 Å². The van der Waals surface area contributed by atoms with Gasteiger partial charge in [0.1, 0.15) is 0 Å². The number of amides is 1. The second-order valence-corrected chi connectivity index (χ2v) is 5.42. The maximum absolute atomic E-state index is 12.0. The number of hydrogen-bond acceptors (Lipinski definition) is 4. The lowest BCUT2D eigenvalue weighted by Gasteiger charge is -2.31. The predicted octanol–water partition coefficient (Wildman–Crippen LogP) is 1.72. The van der Waals surface area contributed by atoms with E-state index >= 15 is 0 Å². The third-order valence-electron chi connectivity index (χ3n) is 2.82. The molecule has 2 aromatic rings. The normalized spacial score (nSPS) is 13.0. The smallest absolute Gasteiger partial charge is 0.293 e. The number of carbonyl (C=O) groups is 1. The van der Waals surface area contributed by atoms with E-state index in [1.807, 2.05) is 30.3 Å². The molecule has 0 aliphatic carbocycles. The summed E-state index contributed by atoms with van der Waals surface area (Å²) in [5.41, 5.74) is 0.924. The lowest BCUT2D eigenvalue weighted by molar-refractivity contribution is 0.0891. The van der Waals surface area contributed by atoms with Crippen LogP contribution in [0.15, 0.2) is 30.3 Å². The summed E-state index contributed by atoms with van der Waals surface area (Å²) in [5, 5.41) is 16.0. The fourth-order valence-electron chi connectivity index (χ4n) is 1.90. The molecule has 1 atom stereocenters. The highest BCUT2D eigenvalue weighted by molar-refractivity contribution is 5.90. The Morgan fingerprint density at radius 2 is 1.95 bits per heavy atom. The molecule has 1 amide bonds. The standard InChI is InChI=1S/C13H17N5O/c1-13(2,3)10(9-7-5-4-6-8-9)14-12(19)11-15-17-18-16-11/h4-8,10H,1-3H3,(H,14,19)(H,15,16,17,18). The van der Waals surface area contributed by atoms with E-state index in [1.54, 1.807) is 0 Å². The van der Waals surface area contributed by atoms with Crippen molar-refractivity contribution in [1.29, 1.82) is 0 Å². The quantitative estimate of drug-likeness (QED) is 0.879. The summed E-state index contributed by atoms with van der Waals surface area (Å²) in [5.74, 6) is -0.289. The number of carbonyl (C=O) groups excluding carboxylic acids is 1. The van der Waals surface area contributed by atoms with Crippen LogP contribution in [-0.4, -0.2) is 26.5 Å². The summed E-state index contributed by atoms with van der Waals surface area (Å²) in [6, 6.07) is 9.71. The van der Waals surface area contributed by atoms with Gasteiger partial charge in [0.05, 0.1) is 6.04 Å². The second-order valence-electron chi connectivity index (χ2n) is 5.42. The molecule has 100 valence electrons. The molecule has 6 nitrogen and oxygen atoms in total. The number of H-pyrrole nitrogens is 1. The van der Waals surface area contributed by atoms with Crippen LogP contribution in [0.25, 0.3) is 0 Å². The summed E-state index contributed by atoms with van der Waals surface area (Å²) in [7, 11) is 0. The van der Waals surface area contributed by atoms with E-state index in [2.05, 4.69) is 46.7 Å². The molecule has 0 radical (unpaired) electrons. The molecule has 0 aliphatic rings. The monoisotopic (exact) mass is 259 g/mol. The Morgan fingerprint density at radius 3 is 2.47 bits per heavy atom. The van der Waals surface area contributed by atoms with E-state index in [0.29, 0.717) is 0 Å². The van der Waals surface area contributed by atoms with Crippen molar-refractivity contribution in [3.05, 3.63) is 41.7 Å². The van der Waals surface area contributed by atoms with Crippen LogP contribution in [0, 0.1) is 5.41 Å². The van der Waals surface area contributed by atoms with Gasteiger partial charge in [-0.15, -0.1) is 10.2 Å². The van der Waals surface area contributed by atoms with Crippen molar-refractivity contribution in [1.82, 2.24) is 25.9 Å². The number of benzene rings is 1. The first-order valence-corrected chi connectivity index (χ1v) is 6.08. The maximum Gasteiger partial charge on any atom is 0.293 e. The average Bonchev–Trinajstić information content (AvgIpc) is 2.89. The highest BCUT2D eigenvalue weighted by atomic mass is 16.2. The van der Waals surface area contributed by atoms with E-state index in [4.69, 9.17) is 0 Å². The van der Waals surface area contributed by atoms with E-state index in [1.165, 1.54) is 0 Å². The number of rotatable bonds is 3. The van der Waals surface area contributed by atoms with E-state index in [9.17, 15) is 4.79 Å². The third kappa shape index (κ3) is 3.15. The Morgan fingerprint density at radius 1 is 1.26 bits per heavy atom. The topological polar surface area (TPSA) is 83.6 Å². The first-order valence-electron chi connectivity index (χ1n) is 6.08. The number of aromatic amines is 1. The van der Waals surface area contributed by atoms with Gasteiger partial charge in [-0.1, -0.05) is 51.1 Å². The first-order chi connectivity index (χ1) is 8.98. The lowest BCUT2D eigenvalue weighted by Crippen LogP contribution is -2.37. The zero-order valence-corrected chi connectivity index (χ0v) is 11.2. The number of hydrogen-bond donors (Lipinski definition) is 2. The Hall–Kier alpha value is -2.24. The molecule has 1 aromatic carbocycles. The Balaban J connectivity index is 2.23. The van der Waals surface area contributed by atoms with Crippen molar-refractivity contribution in [2.45, 2.75) is 26.8 Å². The van der Waals surface area contributed by atoms with Crippen LogP contribution in [0.2, 0.25) is 0 Å². The number of aromatic nitrogens is 4. The molecule has 2 rings (SSSR count). The molecule has 0 bridgehead atoms. The molecule has 0 saturated carbocycles. The lowest BCUT2D eigenvalue weighted by atomic mass is 9.82. The molecule has 19 heavy (non-hydrogen) atoms. The van der Waals surface area contributed by atoms with Crippen LogP contribution in [0.5, 0.6) is 0 Å². The Bertz CT molecular complexity index is 530. The van der Waals surface area contributed by atoms with Crippen LogP contribution in [0.4, 0.5) is 0 Å². The highest BCUT2D eigenvalue weighted by Crippen LogP contribution is 2.32. The maximum atomic E-state index is 12.0. The number of nitrogens with one attached hydrogen (secondary N) is 2. The fourth-order valence-corrected chi connectivity index (χ4v) is 1.90. The van der Waals surface area contributed by atoms with Crippen LogP contribution in [-0.2, 0) is 0 Å². The van der Waals surface area contributed by atoms with Gasteiger partial charge in [0.2, 0.25) is 0 Å². The highest BCUT2D eigenvalue weighted by Gasteiger charge is 2.29. The minimum Gasteiger partial charge on any atom is -0.342 e. The summed E-state index contributed by atoms with van der Waals surface area (Å²) < 4.78 is 0. The summed E-state index contributed by atoms with van der Waals surface area (Å²) >= 11 is 0. The van der Waals surface area contributed by atoms with Crippen molar-refractivity contribution >= 4 is 5.91 Å². The van der Waals surface area contributed by atoms with Crippen LogP contribution in [0.1, 0.15) is 43.0 Å². The van der Waals surface area contributed by atoms with Gasteiger partial charge in [-0.05, 0) is 16.2 Å².